The lowest BCUT2D eigenvalue weighted by Gasteiger charge is -1.99. The van der Waals surface area contributed by atoms with E-state index >= 15 is 0 Å². The Hall–Kier alpha value is -2.93. The SMILES string of the molecule is Cc1nc(-c2ccccc2)oc1C(=O)Nc1cc(C(=O)O)cs1. The molecule has 7 heteroatoms. The number of rotatable bonds is 4. The normalized spacial score (nSPS) is 10.5. The third-order valence-electron chi connectivity index (χ3n) is 3.11. The predicted molar refractivity (Wildman–Crippen MR) is 85.9 cm³/mol. The van der Waals surface area contributed by atoms with Crippen molar-refractivity contribution in [1.82, 2.24) is 4.98 Å². The highest BCUT2D eigenvalue weighted by atomic mass is 32.1. The number of hydrogen-bond acceptors (Lipinski definition) is 5. The summed E-state index contributed by atoms with van der Waals surface area (Å²) >= 11 is 1.14. The van der Waals surface area contributed by atoms with Gasteiger partial charge in [-0.15, -0.1) is 11.3 Å². The lowest BCUT2D eigenvalue weighted by atomic mass is 10.2. The number of aryl methyl sites for hydroxylation is 1. The topological polar surface area (TPSA) is 92.4 Å². The summed E-state index contributed by atoms with van der Waals surface area (Å²) in [5.41, 5.74) is 1.37. The molecule has 0 fully saturated rings. The summed E-state index contributed by atoms with van der Waals surface area (Å²) in [6, 6.07) is 10.7. The Bertz CT molecular complexity index is 867. The molecule has 116 valence electrons. The number of nitrogens with zero attached hydrogens (tertiary/aromatic N) is 1. The average molecular weight is 328 g/mol. The molecule has 0 bridgehead atoms. The van der Waals surface area contributed by atoms with Crippen molar-refractivity contribution in [2.24, 2.45) is 0 Å². The predicted octanol–water partition coefficient (Wildman–Crippen LogP) is 3.66. The Labute approximate surface area is 135 Å². The van der Waals surface area contributed by atoms with Crippen LogP contribution < -0.4 is 5.32 Å². The van der Waals surface area contributed by atoms with Gasteiger partial charge in [0, 0.05) is 10.9 Å². The number of hydrogen-bond donors (Lipinski definition) is 2. The second-order valence-electron chi connectivity index (χ2n) is 4.76. The van der Waals surface area contributed by atoms with E-state index in [1.807, 2.05) is 30.3 Å². The van der Waals surface area contributed by atoms with Gasteiger partial charge in [0.1, 0.15) is 0 Å². The van der Waals surface area contributed by atoms with Gasteiger partial charge in [-0.1, -0.05) is 18.2 Å². The van der Waals surface area contributed by atoms with E-state index in [1.165, 1.54) is 11.4 Å². The quantitative estimate of drug-likeness (QED) is 0.762. The Morgan fingerprint density at radius 2 is 2.00 bits per heavy atom. The molecule has 1 amide bonds. The third-order valence-corrected chi connectivity index (χ3v) is 3.95. The third kappa shape index (κ3) is 3.14. The summed E-state index contributed by atoms with van der Waals surface area (Å²) in [6.07, 6.45) is 0. The van der Waals surface area contributed by atoms with Crippen LogP contribution in [-0.4, -0.2) is 22.0 Å². The number of carbonyl (C=O) groups excluding carboxylic acids is 1. The van der Waals surface area contributed by atoms with E-state index < -0.39 is 11.9 Å². The molecule has 0 aliphatic rings. The zero-order chi connectivity index (χ0) is 16.4. The number of carboxylic acid groups (broad SMARTS) is 1. The van der Waals surface area contributed by atoms with Gasteiger partial charge in [0.05, 0.1) is 16.3 Å². The van der Waals surface area contributed by atoms with Crippen molar-refractivity contribution in [3.63, 3.8) is 0 Å². The van der Waals surface area contributed by atoms with Crippen LogP contribution in [-0.2, 0) is 0 Å². The lowest BCUT2D eigenvalue weighted by Crippen LogP contribution is -2.11. The maximum absolute atomic E-state index is 12.3. The van der Waals surface area contributed by atoms with Crippen LogP contribution in [0.1, 0.15) is 26.6 Å². The highest BCUT2D eigenvalue weighted by molar-refractivity contribution is 7.14. The van der Waals surface area contributed by atoms with Crippen molar-refractivity contribution in [2.75, 3.05) is 5.32 Å². The van der Waals surface area contributed by atoms with E-state index in [0.29, 0.717) is 16.6 Å². The molecular weight excluding hydrogens is 316 g/mol. The standard InChI is InChI=1S/C16H12N2O4S/c1-9-13(22-15(17-9)10-5-3-2-4-6-10)14(19)18-12-7-11(8-23-12)16(20)21/h2-8H,1H3,(H,18,19)(H,20,21). The molecule has 0 unspecified atom stereocenters. The minimum absolute atomic E-state index is 0.106. The number of amides is 1. The molecule has 3 aromatic rings. The number of nitrogens with one attached hydrogen (secondary N) is 1. The van der Waals surface area contributed by atoms with Gasteiger partial charge in [-0.3, -0.25) is 4.79 Å². The van der Waals surface area contributed by atoms with Crippen LogP contribution in [0.4, 0.5) is 5.00 Å². The number of benzene rings is 1. The molecular formula is C16H12N2O4S. The summed E-state index contributed by atoms with van der Waals surface area (Å²) < 4.78 is 5.55. The van der Waals surface area contributed by atoms with Crippen molar-refractivity contribution < 1.29 is 19.1 Å². The molecule has 2 N–H and O–H groups in total. The largest absolute Gasteiger partial charge is 0.478 e. The van der Waals surface area contributed by atoms with Gasteiger partial charge in [-0.25, -0.2) is 9.78 Å². The Kier molecular flexibility index (Phi) is 3.94. The van der Waals surface area contributed by atoms with Crippen LogP contribution in [0, 0.1) is 6.92 Å². The van der Waals surface area contributed by atoms with E-state index in [9.17, 15) is 9.59 Å². The average Bonchev–Trinajstić information content (AvgIpc) is 3.15. The zero-order valence-electron chi connectivity index (χ0n) is 12.1. The van der Waals surface area contributed by atoms with Crippen LogP contribution >= 0.6 is 11.3 Å². The molecule has 0 aliphatic carbocycles. The van der Waals surface area contributed by atoms with E-state index in [0.717, 1.165) is 16.9 Å². The molecule has 2 heterocycles. The molecule has 6 nitrogen and oxygen atoms in total. The molecule has 0 atom stereocenters. The van der Waals surface area contributed by atoms with Gasteiger partial charge in [-0.05, 0) is 25.1 Å². The fraction of sp³-hybridized carbons (Fsp3) is 0.0625. The Balaban J connectivity index is 1.82. The molecule has 2 aromatic heterocycles. The van der Waals surface area contributed by atoms with Gasteiger partial charge in [0.15, 0.2) is 0 Å². The van der Waals surface area contributed by atoms with E-state index in [-0.39, 0.29) is 11.3 Å². The maximum atomic E-state index is 12.3. The van der Waals surface area contributed by atoms with E-state index in [2.05, 4.69) is 10.3 Å². The van der Waals surface area contributed by atoms with Crippen LogP contribution in [0.25, 0.3) is 11.5 Å². The fourth-order valence-corrected chi connectivity index (χ4v) is 2.76. The first kappa shape index (κ1) is 15.0. The monoisotopic (exact) mass is 328 g/mol. The molecule has 0 saturated heterocycles. The number of anilines is 1. The summed E-state index contributed by atoms with van der Waals surface area (Å²) in [5, 5.41) is 13.4. The van der Waals surface area contributed by atoms with Gasteiger partial charge in [-0.2, -0.15) is 0 Å². The first-order valence-corrected chi connectivity index (χ1v) is 7.58. The van der Waals surface area contributed by atoms with Crippen molar-refractivity contribution in [3.05, 3.63) is 58.8 Å². The summed E-state index contributed by atoms with van der Waals surface area (Å²) in [6.45, 7) is 1.68. The van der Waals surface area contributed by atoms with Crippen LogP contribution in [0.15, 0.2) is 46.2 Å². The highest BCUT2D eigenvalue weighted by Gasteiger charge is 2.19. The number of aromatic carboxylic acids is 1. The first-order valence-electron chi connectivity index (χ1n) is 6.70. The van der Waals surface area contributed by atoms with Crippen molar-refractivity contribution in [2.45, 2.75) is 6.92 Å². The Morgan fingerprint density at radius 1 is 1.26 bits per heavy atom. The Morgan fingerprint density at radius 3 is 2.65 bits per heavy atom. The van der Waals surface area contributed by atoms with Crippen molar-refractivity contribution in [1.29, 1.82) is 0 Å². The minimum Gasteiger partial charge on any atom is -0.478 e. The van der Waals surface area contributed by atoms with Gasteiger partial charge in [0.2, 0.25) is 11.7 Å². The molecule has 0 aliphatic heterocycles. The van der Waals surface area contributed by atoms with Crippen LogP contribution in [0.5, 0.6) is 0 Å². The zero-order valence-corrected chi connectivity index (χ0v) is 12.9. The summed E-state index contributed by atoms with van der Waals surface area (Å²) in [4.78, 5) is 27.4. The second-order valence-corrected chi connectivity index (χ2v) is 5.67. The number of carboxylic acids is 1. The summed E-state index contributed by atoms with van der Waals surface area (Å²) in [7, 11) is 0. The number of aromatic nitrogens is 1. The maximum Gasteiger partial charge on any atom is 0.336 e. The molecule has 3 rings (SSSR count). The number of oxazole rings is 1. The van der Waals surface area contributed by atoms with Gasteiger partial charge < -0.3 is 14.8 Å². The van der Waals surface area contributed by atoms with Gasteiger partial charge >= 0.3 is 5.97 Å². The summed E-state index contributed by atoms with van der Waals surface area (Å²) in [5.74, 6) is -1.03. The van der Waals surface area contributed by atoms with Crippen molar-refractivity contribution >= 4 is 28.2 Å². The molecule has 23 heavy (non-hydrogen) atoms. The number of carbonyl (C=O) groups is 2. The minimum atomic E-state index is -1.04. The molecule has 0 saturated carbocycles. The molecule has 0 spiro atoms. The van der Waals surface area contributed by atoms with E-state index in [4.69, 9.17) is 9.52 Å². The first-order chi connectivity index (χ1) is 11.0. The van der Waals surface area contributed by atoms with E-state index in [1.54, 1.807) is 6.92 Å². The van der Waals surface area contributed by atoms with Crippen LogP contribution in [0.3, 0.4) is 0 Å². The molecule has 0 radical (unpaired) electrons. The van der Waals surface area contributed by atoms with Gasteiger partial charge in [0.25, 0.3) is 5.91 Å². The second kappa shape index (κ2) is 6.05. The lowest BCUT2D eigenvalue weighted by molar-refractivity contribution is 0.0697. The smallest absolute Gasteiger partial charge is 0.336 e. The molecule has 1 aromatic carbocycles. The highest BCUT2D eigenvalue weighted by Crippen LogP contribution is 2.24. The fourth-order valence-electron chi connectivity index (χ4n) is 1.99. The number of thiophene rings is 1. The van der Waals surface area contributed by atoms with Crippen LogP contribution in [0.2, 0.25) is 0 Å². The van der Waals surface area contributed by atoms with Crippen molar-refractivity contribution in [3.8, 4) is 11.5 Å².